The molecule has 1 N–H and O–H groups in total. The van der Waals surface area contributed by atoms with E-state index in [2.05, 4.69) is 14.9 Å². The van der Waals surface area contributed by atoms with Gasteiger partial charge in [0.05, 0.1) is 36.0 Å². The molecule has 0 radical (unpaired) electrons. The van der Waals surface area contributed by atoms with Crippen molar-refractivity contribution in [1.82, 2.24) is 24.3 Å². The number of halogens is 1. The number of nitrogens with zero attached hydrogens (tertiary/aromatic N) is 6. The Morgan fingerprint density at radius 1 is 1.15 bits per heavy atom. The van der Waals surface area contributed by atoms with Crippen LogP contribution in [-0.4, -0.2) is 49.1 Å². The maximum absolute atomic E-state index is 14.2. The van der Waals surface area contributed by atoms with E-state index in [0.717, 1.165) is 16.9 Å². The van der Waals surface area contributed by atoms with Gasteiger partial charge in [0, 0.05) is 37.9 Å². The second kappa shape index (κ2) is 11.1. The Bertz CT molecular complexity index is 1700. The fraction of sp³-hybridized carbons (Fsp3) is 0.179. The Hall–Kier alpha value is -5.08. The Balaban J connectivity index is 1.35. The molecule has 0 amide bonds. The van der Waals surface area contributed by atoms with Gasteiger partial charge in [-0.3, -0.25) is 0 Å². The van der Waals surface area contributed by atoms with Crippen molar-refractivity contribution in [1.29, 1.82) is 0 Å². The molecule has 5 aromatic rings. The average molecular weight is 527 g/mol. The Labute approximate surface area is 222 Å². The van der Waals surface area contributed by atoms with Crippen LogP contribution in [0.4, 0.5) is 10.1 Å². The highest BCUT2D eigenvalue weighted by Gasteiger charge is 2.15. The van der Waals surface area contributed by atoms with Gasteiger partial charge in [-0.15, -0.1) is 0 Å². The number of aromatic carboxylic acids is 1. The molecule has 0 saturated carbocycles. The van der Waals surface area contributed by atoms with E-state index in [4.69, 9.17) is 21.0 Å². The summed E-state index contributed by atoms with van der Waals surface area (Å²) in [6.07, 6.45) is 4.00. The van der Waals surface area contributed by atoms with Gasteiger partial charge in [-0.05, 0) is 35.9 Å². The molecule has 0 atom stereocenters. The van der Waals surface area contributed by atoms with Crippen molar-refractivity contribution in [2.45, 2.75) is 19.6 Å². The molecule has 3 heterocycles. The van der Waals surface area contributed by atoms with Crippen LogP contribution in [0.15, 0.2) is 67.0 Å². The van der Waals surface area contributed by atoms with Crippen LogP contribution in [0.3, 0.4) is 0 Å². The highest BCUT2D eigenvalue weighted by Crippen LogP contribution is 2.22. The second-order valence-electron chi connectivity index (χ2n) is 8.66. The average Bonchev–Trinajstić information content (AvgIpc) is 3.55. The highest BCUT2D eigenvalue weighted by molar-refractivity contribution is 5.92. The summed E-state index contributed by atoms with van der Waals surface area (Å²) in [5.41, 5.74) is 3.04. The number of methoxy groups -OCH3 is 1. The summed E-state index contributed by atoms with van der Waals surface area (Å²) in [6, 6.07) is 14.3. The number of benzene rings is 2. The number of hydrogen-bond donors (Lipinski definition) is 1. The summed E-state index contributed by atoms with van der Waals surface area (Å²) in [7, 11) is 1.61. The number of carboxylic acid groups (broad SMARTS) is 1. The number of pyridine rings is 1. The topological polar surface area (TPSA) is 109 Å². The first kappa shape index (κ1) is 25.6. The number of ether oxygens (including phenoxy) is 2. The molecule has 0 aliphatic heterocycles. The molecular weight excluding hydrogens is 503 g/mol. The quantitative estimate of drug-likeness (QED) is 0.260. The van der Waals surface area contributed by atoms with E-state index in [1.165, 1.54) is 18.2 Å². The van der Waals surface area contributed by atoms with Crippen molar-refractivity contribution >= 4 is 22.7 Å². The lowest BCUT2D eigenvalue weighted by molar-refractivity contribution is 0.0697. The van der Waals surface area contributed by atoms with E-state index in [9.17, 15) is 14.3 Å². The van der Waals surface area contributed by atoms with Crippen LogP contribution >= 0.6 is 0 Å². The summed E-state index contributed by atoms with van der Waals surface area (Å²) >= 11 is 0. The van der Waals surface area contributed by atoms with Crippen LogP contribution in [0.5, 0.6) is 5.88 Å². The predicted molar refractivity (Wildman–Crippen MR) is 140 cm³/mol. The lowest BCUT2D eigenvalue weighted by Gasteiger charge is -2.09. The van der Waals surface area contributed by atoms with Gasteiger partial charge in [-0.25, -0.2) is 23.7 Å². The molecule has 0 saturated heterocycles. The lowest BCUT2D eigenvalue weighted by Crippen LogP contribution is -2.09. The molecule has 39 heavy (non-hydrogen) atoms. The summed E-state index contributed by atoms with van der Waals surface area (Å²) in [6.45, 7) is 7.91. The van der Waals surface area contributed by atoms with Gasteiger partial charge < -0.3 is 19.1 Å². The van der Waals surface area contributed by atoms with E-state index >= 15 is 0 Å². The van der Waals surface area contributed by atoms with E-state index in [-0.39, 0.29) is 17.9 Å². The molecule has 0 aliphatic rings. The molecule has 0 aliphatic carbocycles. The van der Waals surface area contributed by atoms with E-state index in [1.807, 2.05) is 10.8 Å². The highest BCUT2D eigenvalue weighted by atomic mass is 19.1. The Morgan fingerprint density at radius 2 is 2.03 bits per heavy atom. The van der Waals surface area contributed by atoms with Gasteiger partial charge in [-0.1, -0.05) is 18.2 Å². The first-order valence-corrected chi connectivity index (χ1v) is 12.0. The van der Waals surface area contributed by atoms with Crippen LogP contribution in [0.1, 0.15) is 27.3 Å². The van der Waals surface area contributed by atoms with Crippen molar-refractivity contribution in [3.05, 3.63) is 107 Å². The number of aromatic nitrogens is 5. The number of imidazole rings is 1. The zero-order chi connectivity index (χ0) is 27.4. The maximum atomic E-state index is 14.2. The van der Waals surface area contributed by atoms with Gasteiger partial charge in [0.25, 0.3) is 0 Å². The molecule has 10 nitrogen and oxygen atoms in total. The molecule has 0 unspecified atom stereocenters. The molecular formula is C28H23FN6O4. The van der Waals surface area contributed by atoms with Crippen LogP contribution in [0, 0.1) is 12.4 Å². The first-order chi connectivity index (χ1) is 18.9. The number of rotatable bonds is 10. The minimum atomic E-state index is -0.999. The first-order valence-electron chi connectivity index (χ1n) is 12.0. The summed E-state index contributed by atoms with van der Waals surface area (Å²) in [5.74, 6) is 0.0592. The van der Waals surface area contributed by atoms with Crippen LogP contribution < -0.4 is 4.74 Å². The smallest absolute Gasteiger partial charge is 0.335 e. The zero-order valence-corrected chi connectivity index (χ0v) is 20.9. The van der Waals surface area contributed by atoms with Gasteiger partial charge >= 0.3 is 5.97 Å². The molecule has 2 aromatic carbocycles. The van der Waals surface area contributed by atoms with Crippen molar-refractivity contribution in [3.8, 4) is 11.7 Å². The lowest BCUT2D eigenvalue weighted by atomic mass is 10.2. The predicted octanol–water partition coefficient (Wildman–Crippen LogP) is 4.82. The van der Waals surface area contributed by atoms with Crippen molar-refractivity contribution in [3.63, 3.8) is 0 Å². The third-order valence-electron chi connectivity index (χ3n) is 6.08. The second-order valence-corrected chi connectivity index (χ2v) is 8.66. The maximum Gasteiger partial charge on any atom is 0.335 e. The van der Waals surface area contributed by atoms with Gasteiger partial charge in [0.1, 0.15) is 18.2 Å². The molecule has 196 valence electrons. The van der Waals surface area contributed by atoms with Crippen LogP contribution in [0.2, 0.25) is 0 Å². The molecule has 5 rings (SSSR count). The summed E-state index contributed by atoms with van der Waals surface area (Å²) < 4.78 is 28.7. The minimum absolute atomic E-state index is 0.0355. The number of fused-ring (bicyclic) bond motifs is 1. The number of carboxylic acids is 1. The molecule has 11 heteroatoms. The summed E-state index contributed by atoms with van der Waals surface area (Å²) in [4.78, 5) is 23.9. The zero-order valence-electron chi connectivity index (χ0n) is 20.9. The number of hydrogen-bond acceptors (Lipinski definition) is 6. The Kier molecular flexibility index (Phi) is 7.29. The van der Waals surface area contributed by atoms with Crippen LogP contribution in [0.25, 0.3) is 21.7 Å². The van der Waals surface area contributed by atoms with Gasteiger partial charge in [-0.2, -0.15) is 10.1 Å². The molecule has 0 bridgehead atoms. The van der Waals surface area contributed by atoms with E-state index < -0.39 is 11.8 Å². The van der Waals surface area contributed by atoms with E-state index in [0.29, 0.717) is 42.4 Å². The monoisotopic (exact) mass is 526 g/mol. The van der Waals surface area contributed by atoms with Crippen molar-refractivity contribution < 1.29 is 23.8 Å². The molecule has 0 fully saturated rings. The fourth-order valence-corrected chi connectivity index (χ4v) is 4.12. The van der Waals surface area contributed by atoms with Gasteiger partial charge in [0.2, 0.25) is 5.88 Å². The van der Waals surface area contributed by atoms with Crippen molar-refractivity contribution in [2.24, 2.45) is 0 Å². The summed E-state index contributed by atoms with van der Waals surface area (Å²) in [5, 5.41) is 13.8. The van der Waals surface area contributed by atoms with Gasteiger partial charge in [0.15, 0.2) is 11.5 Å². The molecule has 3 aromatic heterocycles. The number of carbonyl (C=O) groups is 1. The Morgan fingerprint density at radius 3 is 2.79 bits per heavy atom. The van der Waals surface area contributed by atoms with Crippen molar-refractivity contribution in [2.75, 3.05) is 13.7 Å². The van der Waals surface area contributed by atoms with Crippen LogP contribution in [-0.2, 0) is 24.3 Å². The third-order valence-corrected chi connectivity index (χ3v) is 6.08. The fourth-order valence-electron chi connectivity index (χ4n) is 4.12. The SMILES string of the molecule is [C-]#[N+]c1ccc(COc2cccc(-n3cc(Cc4nc5ccc(C(=O)O)cc5n4CCOC)cn3)n2)c(F)c1. The normalized spacial score (nSPS) is 11.0. The standard InChI is InChI=1S/C28H23FN6O4/c1-30-21-8-6-20(22(29)14-21)17-39-27-5-3-4-25(33-27)35-16-18(15-31-35)12-26-32-23-9-7-19(28(36)37)13-24(23)34(26)10-11-38-2/h3-9,13-16H,10-12,17H2,2H3,(H,36,37). The largest absolute Gasteiger partial charge is 0.478 e. The molecule has 0 spiro atoms. The third kappa shape index (κ3) is 5.61. The van der Waals surface area contributed by atoms with E-state index in [1.54, 1.807) is 54.4 Å². The minimum Gasteiger partial charge on any atom is -0.478 e.